The van der Waals surface area contributed by atoms with Crippen molar-refractivity contribution in [3.63, 3.8) is 0 Å². The number of carbonyl (C=O) groups is 1. The van der Waals surface area contributed by atoms with Crippen molar-refractivity contribution in [2.24, 2.45) is 17.3 Å². The van der Waals surface area contributed by atoms with Crippen LogP contribution in [0, 0.1) is 17.3 Å². The molecule has 0 aromatic carbocycles. The number of Topliss-reactive ketones (excluding diaryl/α,β-unsaturated/α-hetero) is 1. The number of rotatable bonds is 0. The number of aliphatic hydroxyl groups is 1. The van der Waals surface area contributed by atoms with Gasteiger partial charge in [0.05, 0.1) is 0 Å². The molecule has 0 saturated heterocycles. The summed E-state index contributed by atoms with van der Waals surface area (Å²) in [7, 11) is 0. The largest absolute Gasteiger partial charge is 0.385 e. The van der Waals surface area contributed by atoms with E-state index in [0.29, 0.717) is 12.3 Å². The van der Waals surface area contributed by atoms with Crippen LogP contribution in [0.25, 0.3) is 0 Å². The topological polar surface area (TPSA) is 37.3 Å². The van der Waals surface area contributed by atoms with Crippen molar-refractivity contribution < 1.29 is 9.90 Å². The molecular weight excluding hydrogens is 140 g/mol. The Bertz CT molecular complexity index is 208. The predicted molar refractivity (Wildman–Crippen MR) is 41.0 cm³/mol. The van der Waals surface area contributed by atoms with Gasteiger partial charge in [0.1, 0.15) is 6.10 Å². The molecule has 0 spiro atoms. The fourth-order valence-electron chi connectivity index (χ4n) is 2.52. The van der Waals surface area contributed by atoms with Gasteiger partial charge in [-0.15, -0.1) is 0 Å². The lowest BCUT2D eigenvalue weighted by Crippen LogP contribution is -2.58. The van der Waals surface area contributed by atoms with Crippen molar-refractivity contribution in [1.29, 1.82) is 0 Å². The summed E-state index contributed by atoms with van der Waals surface area (Å²) in [5.41, 5.74) is 0.177. The van der Waals surface area contributed by atoms with Crippen LogP contribution in [-0.2, 0) is 4.79 Å². The minimum absolute atomic E-state index is 0.0810. The highest BCUT2D eigenvalue weighted by Gasteiger charge is 2.57. The number of fused-ring (bicyclic) bond motifs is 2. The van der Waals surface area contributed by atoms with Gasteiger partial charge >= 0.3 is 0 Å². The first kappa shape index (κ1) is 7.29. The van der Waals surface area contributed by atoms with Crippen LogP contribution < -0.4 is 0 Å². The first-order valence-corrected chi connectivity index (χ1v) is 4.25. The zero-order chi connectivity index (χ0) is 8.22. The summed E-state index contributed by atoms with van der Waals surface area (Å²) in [4.78, 5) is 11.3. The molecule has 3 aliphatic carbocycles. The average Bonchev–Trinajstić information content (AvgIpc) is 1.93. The summed E-state index contributed by atoms with van der Waals surface area (Å²) in [6, 6.07) is 0. The molecule has 2 unspecified atom stereocenters. The molecule has 2 nitrogen and oxygen atoms in total. The molecule has 0 radical (unpaired) electrons. The van der Waals surface area contributed by atoms with Gasteiger partial charge in [0.2, 0.25) is 0 Å². The summed E-state index contributed by atoms with van der Waals surface area (Å²) in [6.07, 6.45) is 1.07. The highest BCUT2D eigenvalue weighted by molar-refractivity contribution is 5.88. The fraction of sp³-hybridized carbons (Fsp3) is 0.889. The van der Waals surface area contributed by atoms with Crippen LogP contribution in [0.1, 0.15) is 26.7 Å². The van der Waals surface area contributed by atoms with Gasteiger partial charge in [0, 0.05) is 5.92 Å². The number of hydrogen-bond acceptors (Lipinski definition) is 2. The minimum Gasteiger partial charge on any atom is -0.385 e. The van der Waals surface area contributed by atoms with Crippen molar-refractivity contribution >= 4 is 5.78 Å². The van der Waals surface area contributed by atoms with Gasteiger partial charge in [0.15, 0.2) is 5.78 Å². The monoisotopic (exact) mass is 154 g/mol. The second-order valence-electron chi connectivity index (χ2n) is 4.46. The smallest absolute Gasteiger partial charge is 0.164 e. The van der Waals surface area contributed by atoms with Gasteiger partial charge in [-0.2, -0.15) is 0 Å². The highest BCUT2D eigenvalue weighted by Crippen LogP contribution is 2.57. The van der Waals surface area contributed by atoms with Crippen LogP contribution in [0.2, 0.25) is 0 Å². The van der Waals surface area contributed by atoms with Gasteiger partial charge in [0.25, 0.3) is 0 Å². The Hall–Kier alpha value is -0.370. The maximum atomic E-state index is 11.3. The summed E-state index contributed by atoms with van der Waals surface area (Å²) in [5, 5.41) is 9.26. The third-order valence-corrected chi connectivity index (χ3v) is 3.65. The SMILES string of the molecule is CC1(C)C2CC1C(=O)[C@H](O)C2. The molecule has 3 saturated carbocycles. The van der Waals surface area contributed by atoms with Crippen molar-refractivity contribution in [3.8, 4) is 0 Å². The van der Waals surface area contributed by atoms with Gasteiger partial charge < -0.3 is 5.11 Å². The molecule has 0 heterocycles. The van der Waals surface area contributed by atoms with E-state index in [2.05, 4.69) is 13.8 Å². The predicted octanol–water partition coefficient (Wildman–Crippen LogP) is 0.982. The third kappa shape index (κ3) is 0.734. The van der Waals surface area contributed by atoms with E-state index in [9.17, 15) is 9.90 Å². The number of hydrogen-bond donors (Lipinski definition) is 1. The van der Waals surface area contributed by atoms with Crippen LogP contribution in [0.4, 0.5) is 0 Å². The Morgan fingerprint density at radius 2 is 2.09 bits per heavy atom. The third-order valence-electron chi connectivity index (χ3n) is 3.65. The minimum atomic E-state index is -0.647. The van der Waals surface area contributed by atoms with Crippen molar-refractivity contribution in [2.45, 2.75) is 32.8 Å². The van der Waals surface area contributed by atoms with Crippen molar-refractivity contribution in [1.82, 2.24) is 0 Å². The van der Waals surface area contributed by atoms with Crippen LogP contribution in [0.15, 0.2) is 0 Å². The summed E-state index contributed by atoms with van der Waals surface area (Å²) in [5.74, 6) is 0.814. The van der Waals surface area contributed by atoms with Crippen LogP contribution in [0.3, 0.4) is 0 Å². The Balaban J connectivity index is 2.23. The first-order valence-electron chi connectivity index (χ1n) is 4.25. The van der Waals surface area contributed by atoms with Crippen LogP contribution in [0.5, 0.6) is 0 Å². The molecule has 3 atom stereocenters. The van der Waals surface area contributed by atoms with Gasteiger partial charge in [-0.3, -0.25) is 4.79 Å². The lowest BCUT2D eigenvalue weighted by molar-refractivity contribution is -0.164. The van der Waals surface area contributed by atoms with Crippen molar-refractivity contribution in [2.75, 3.05) is 0 Å². The molecule has 2 bridgehead atoms. The summed E-state index contributed by atoms with van der Waals surface area (Å²) < 4.78 is 0. The number of aliphatic hydroxyl groups excluding tert-OH is 1. The molecule has 0 aromatic rings. The van der Waals surface area contributed by atoms with Crippen LogP contribution in [-0.4, -0.2) is 17.0 Å². The van der Waals surface area contributed by atoms with Gasteiger partial charge in [-0.05, 0) is 24.2 Å². The van der Waals surface area contributed by atoms with Gasteiger partial charge in [-0.1, -0.05) is 13.8 Å². The fourth-order valence-corrected chi connectivity index (χ4v) is 2.52. The maximum Gasteiger partial charge on any atom is 0.164 e. The Labute approximate surface area is 66.6 Å². The molecule has 1 N–H and O–H groups in total. The van der Waals surface area contributed by atoms with Crippen LogP contribution >= 0.6 is 0 Å². The second kappa shape index (κ2) is 1.86. The lowest BCUT2D eigenvalue weighted by Gasteiger charge is -2.56. The van der Waals surface area contributed by atoms with Gasteiger partial charge in [-0.25, -0.2) is 0 Å². The highest BCUT2D eigenvalue weighted by atomic mass is 16.3. The molecule has 62 valence electrons. The quantitative estimate of drug-likeness (QED) is 0.564. The van der Waals surface area contributed by atoms with Crippen molar-refractivity contribution in [3.05, 3.63) is 0 Å². The summed E-state index contributed by atoms with van der Waals surface area (Å²) >= 11 is 0. The summed E-state index contributed by atoms with van der Waals surface area (Å²) in [6.45, 7) is 4.27. The molecule has 11 heavy (non-hydrogen) atoms. The average molecular weight is 154 g/mol. The molecule has 2 heteroatoms. The van der Waals surface area contributed by atoms with E-state index < -0.39 is 6.10 Å². The number of carbonyl (C=O) groups excluding carboxylic acids is 1. The molecule has 3 aliphatic rings. The number of ketones is 1. The molecule has 3 fully saturated rings. The Kier molecular flexibility index (Phi) is 1.23. The molecular formula is C9H14O2. The van der Waals surface area contributed by atoms with E-state index in [0.717, 1.165) is 6.42 Å². The Morgan fingerprint density at radius 3 is 2.45 bits per heavy atom. The van der Waals surface area contributed by atoms with E-state index in [4.69, 9.17) is 0 Å². The maximum absolute atomic E-state index is 11.3. The standard InChI is InChI=1S/C9H14O2/c1-9(2)5-3-6(9)8(11)7(10)4-5/h5-7,10H,3-4H2,1-2H3/t5?,6?,7-/m1/s1. The lowest BCUT2D eigenvalue weighted by atomic mass is 9.48. The van der Waals surface area contributed by atoms with E-state index in [1.807, 2.05) is 0 Å². The zero-order valence-electron chi connectivity index (χ0n) is 7.00. The molecule has 3 rings (SSSR count). The zero-order valence-corrected chi connectivity index (χ0v) is 7.00. The van der Waals surface area contributed by atoms with E-state index in [-0.39, 0.29) is 17.1 Å². The van der Waals surface area contributed by atoms with E-state index in [1.54, 1.807) is 0 Å². The van der Waals surface area contributed by atoms with E-state index >= 15 is 0 Å². The normalized spacial score (nSPS) is 46.8. The Morgan fingerprint density at radius 1 is 1.45 bits per heavy atom. The molecule has 0 aromatic heterocycles. The first-order chi connectivity index (χ1) is 5.03. The molecule has 0 amide bonds. The van der Waals surface area contributed by atoms with E-state index in [1.165, 1.54) is 0 Å². The molecule has 0 aliphatic heterocycles. The second-order valence-corrected chi connectivity index (χ2v) is 4.46.